The van der Waals surface area contributed by atoms with E-state index >= 15 is 0 Å². The molecular formula is C19H24N4O3. The average Bonchev–Trinajstić information content (AvgIpc) is 3.39. The Labute approximate surface area is 152 Å². The van der Waals surface area contributed by atoms with Crippen LogP contribution in [0.2, 0.25) is 0 Å². The molecule has 1 N–H and O–H groups in total. The van der Waals surface area contributed by atoms with Crippen LogP contribution in [-0.2, 0) is 11.3 Å². The molecule has 2 aromatic rings. The second-order valence-corrected chi connectivity index (χ2v) is 6.60. The molecule has 0 aliphatic heterocycles. The zero-order valence-corrected chi connectivity index (χ0v) is 15.2. The van der Waals surface area contributed by atoms with Gasteiger partial charge in [0.1, 0.15) is 0 Å². The zero-order chi connectivity index (χ0) is 18.5. The van der Waals surface area contributed by atoms with Gasteiger partial charge >= 0.3 is 0 Å². The third-order valence-electron chi connectivity index (χ3n) is 4.42. The number of rotatable bonds is 8. The molecule has 138 valence electrons. The molecule has 0 saturated heterocycles. The van der Waals surface area contributed by atoms with Crippen LogP contribution in [0.3, 0.4) is 0 Å². The van der Waals surface area contributed by atoms with Crippen molar-refractivity contribution in [2.45, 2.75) is 45.6 Å². The number of amides is 2. The first-order valence-electron chi connectivity index (χ1n) is 9.02. The highest BCUT2D eigenvalue weighted by atomic mass is 16.5. The van der Waals surface area contributed by atoms with Gasteiger partial charge in [-0.2, -0.15) is 4.98 Å². The van der Waals surface area contributed by atoms with Gasteiger partial charge in [0.15, 0.2) is 5.82 Å². The molecule has 1 saturated carbocycles. The smallest absolute Gasteiger partial charge is 0.251 e. The van der Waals surface area contributed by atoms with Crippen LogP contribution in [0, 0.1) is 6.92 Å². The van der Waals surface area contributed by atoms with Crippen molar-refractivity contribution in [2.75, 3.05) is 13.1 Å². The van der Waals surface area contributed by atoms with E-state index in [-0.39, 0.29) is 18.2 Å². The van der Waals surface area contributed by atoms with Crippen molar-refractivity contribution in [1.29, 1.82) is 0 Å². The number of nitrogens with one attached hydrogen (secondary N) is 1. The number of carbonyl (C=O) groups is 2. The highest BCUT2D eigenvalue weighted by molar-refractivity contribution is 5.94. The van der Waals surface area contributed by atoms with Gasteiger partial charge < -0.3 is 14.7 Å². The Morgan fingerprint density at radius 2 is 2.00 bits per heavy atom. The predicted octanol–water partition coefficient (Wildman–Crippen LogP) is 2.42. The van der Waals surface area contributed by atoms with E-state index in [0.717, 1.165) is 18.4 Å². The maximum atomic E-state index is 12.4. The molecule has 2 amide bonds. The van der Waals surface area contributed by atoms with Crippen molar-refractivity contribution in [3.8, 4) is 0 Å². The van der Waals surface area contributed by atoms with E-state index in [9.17, 15) is 9.59 Å². The summed E-state index contributed by atoms with van der Waals surface area (Å²) in [5.41, 5.74) is 1.69. The summed E-state index contributed by atoms with van der Waals surface area (Å²) in [6.07, 6.45) is 2.43. The van der Waals surface area contributed by atoms with Crippen LogP contribution < -0.4 is 5.32 Å². The first-order valence-corrected chi connectivity index (χ1v) is 9.02. The van der Waals surface area contributed by atoms with E-state index in [1.807, 2.05) is 26.0 Å². The van der Waals surface area contributed by atoms with Crippen LogP contribution in [0.4, 0.5) is 0 Å². The summed E-state index contributed by atoms with van der Waals surface area (Å²) in [7, 11) is 0. The lowest BCUT2D eigenvalue weighted by atomic mass is 10.1. The Kier molecular flexibility index (Phi) is 5.65. The van der Waals surface area contributed by atoms with Gasteiger partial charge in [0.25, 0.3) is 5.91 Å². The summed E-state index contributed by atoms with van der Waals surface area (Å²) in [6, 6.07) is 7.33. The molecule has 0 atom stereocenters. The summed E-state index contributed by atoms with van der Waals surface area (Å²) in [5.74, 6) is 1.39. The standard InChI is InChI=1S/C19H24N4O3/c1-3-23(12-16-21-19(26-22-16)15-8-9-15)17(24)10-11-20-18(25)14-6-4-13(2)5-7-14/h4-7,15H,3,8-12H2,1-2H3,(H,20,25). The summed E-state index contributed by atoms with van der Waals surface area (Å²) in [4.78, 5) is 30.5. The van der Waals surface area contributed by atoms with Crippen molar-refractivity contribution in [1.82, 2.24) is 20.4 Å². The zero-order valence-electron chi connectivity index (χ0n) is 15.2. The number of aryl methyl sites for hydroxylation is 1. The molecule has 0 unspecified atom stereocenters. The number of benzene rings is 1. The second kappa shape index (κ2) is 8.12. The van der Waals surface area contributed by atoms with E-state index in [0.29, 0.717) is 42.8 Å². The lowest BCUT2D eigenvalue weighted by molar-refractivity contribution is -0.131. The molecular weight excluding hydrogens is 332 g/mol. The molecule has 1 heterocycles. The molecule has 0 spiro atoms. The highest BCUT2D eigenvalue weighted by Gasteiger charge is 2.30. The first kappa shape index (κ1) is 18.1. The normalized spacial score (nSPS) is 13.5. The van der Waals surface area contributed by atoms with Crippen molar-refractivity contribution in [3.63, 3.8) is 0 Å². The Morgan fingerprint density at radius 1 is 1.27 bits per heavy atom. The maximum absolute atomic E-state index is 12.4. The minimum Gasteiger partial charge on any atom is -0.352 e. The molecule has 26 heavy (non-hydrogen) atoms. The van der Waals surface area contributed by atoms with Crippen LogP contribution >= 0.6 is 0 Å². The lowest BCUT2D eigenvalue weighted by Crippen LogP contribution is -2.34. The van der Waals surface area contributed by atoms with E-state index < -0.39 is 0 Å². The molecule has 1 aromatic heterocycles. The number of nitrogens with zero attached hydrogens (tertiary/aromatic N) is 3. The molecule has 1 aromatic carbocycles. The van der Waals surface area contributed by atoms with Gasteiger partial charge in [-0.1, -0.05) is 22.9 Å². The topological polar surface area (TPSA) is 88.3 Å². The Balaban J connectivity index is 1.45. The van der Waals surface area contributed by atoms with Crippen LogP contribution in [0.15, 0.2) is 28.8 Å². The number of hydrogen-bond donors (Lipinski definition) is 1. The summed E-state index contributed by atoms with van der Waals surface area (Å²) >= 11 is 0. The Bertz CT molecular complexity index is 765. The number of carbonyl (C=O) groups excluding carboxylic acids is 2. The van der Waals surface area contributed by atoms with Gasteiger partial charge in [-0.3, -0.25) is 9.59 Å². The fraction of sp³-hybridized carbons (Fsp3) is 0.474. The summed E-state index contributed by atoms with van der Waals surface area (Å²) in [6.45, 7) is 5.05. The Morgan fingerprint density at radius 3 is 2.65 bits per heavy atom. The minimum atomic E-state index is -0.173. The largest absolute Gasteiger partial charge is 0.352 e. The fourth-order valence-corrected chi connectivity index (χ4v) is 2.62. The average molecular weight is 356 g/mol. The minimum absolute atomic E-state index is 0.0468. The van der Waals surface area contributed by atoms with Crippen molar-refractivity contribution in [2.24, 2.45) is 0 Å². The van der Waals surface area contributed by atoms with Gasteiger partial charge in [-0.05, 0) is 38.8 Å². The van der Waals surface area contributed by atoms with Crippen LogP contribution in [0.5, 0.6) is 0 Å². The molecule has 3 rings (SSSR count). The number of aromatic nitrogens is 2. The quantitative estimate of drug-likeness (QED) is 0.785. The third kappa shape index (κ3) is 4.68. The van der Waals surface area contributed by atoms with Gasteiger partial charge in [-0.25, -0.2) is 0 Å². The van der Waals surface area contributed by atoms with Gasteiger partial charge in [0, 0.05) is 31.0 Å². The number of hydrogen-bond acceptors (Lipinski definition) is 5. The van der Waals surface area contributed by atoms with Gasteiger partial charge in [-0.15, -0.1) is 0 Å². The van der Waals surface area contributed by atoms with E-state index in [1.54, 1.807) is 17.0 Å². The molecule has 1 aliphatic carbocycles. The van der Waals surface area contributed by atoms with Crippen molar-refractivity contribution >= 4 is 11.8 Å². The monoisotopic (exact) mass is 356 g/mol. The first-order chi connectivity index (χ1) is 12.6. The van der Waals surface area contributed by atoms with Crippen LogP contribution in [0.1, 0.15) is 59.7 Å². The summed E-state index contributed by atoms with van der Waals surface area (Å²) in [5, 5.41) is 6.74. The lowest BCUT2D eigenvalue weighted by Gasteiger charge is -2.19. The van der Waals surface area contributed by atoms with Crippen LogP contribution in [0.25, 0.3) is 0 Å². The van der Waals surface area contributed by atoms with Crippen molar-refractivity contribution in [3.05, 3.63) is 47.1 Å². The SMILES string of the molecule is CCN(Cc1noc(C2CC2)n1)C(=O)CCNC(=O)c1ccc(C)cc1. The molecule has 0 bridgehead atoms. The molecule has 0 radical (unpaired) electrons. The van der Waals surface area contributed by atoms with Gasteiger partial charge in [0.2, 0.25) is 11.8 Å². The Hall–Kier alpha value is -2.70. The summed E-state index contributed by atoms with van der Waals surface area (Å²) < 4.78 is 5.23. The second-order valence-electron chi connectivity index (χ2n) is 6.60. The van der Waals surface area contributed by atoms with E-state index in [2.05, 4.69) is 15.5 Å². The van der Waals surface area contributed by atoms with E-state index in [4.69, 9.17) is 4.52 Å². The van der Waals surface area contributed by atoms with Crippen molar-refractivity contribution < 1.29 is 14.1 Å². The maximum Gasteiger partial charge on any atom is 0.251 e. The molecule has 1 aliphatic rings. The predicted molar refractivity (Wildman–Crippen MR) is 95.5 cm³/mol. The fourth-order valence-electron chi connectivity index (χ4n) is 2.62. The molecule has 1 fully saturated rings. The molecule has 7 heteroatoms. The third-order valence-corrected chi connectivity index (χ3v) is 4.42. The van der Waals surface area contributed by atoms with Gasteiger partial charge in [0.05, 0.1) is 6.54 Å². The highest BCUT2D eigenvalue weighted by Crippen LogP contribution is 2.38. The van der Waals surface area contributed by atoms with Crippen LogP contribution in [-0.4, -0.2) is 39.9 Å². The van der Waals surface area contributed by atoms with E-state index in [1.165, 1.54) is 0 Å². The molecule has 7 nitrogen and oxygen atoms in total.